The molecule has 1 fully saturated rings. The fourth-order valence-electron chi connectivity index (χ4n) is 1.91. The van der Waals surface area contributed by atoms with Gasteiger partial charge in [-0.2, -0.15) is 0 Å². The molecule has 0 aromatic heterocycles. The molecule has 1 aliphatic rings. The summed E-state index contributed by atoms with van der Waals surface area (Å²) in [6.45, 7) is 3.03. The molecule has 5 heteroatoms. The lowest BCUT2D eigenvalue weighted by Gasteiger charge is -2.24. The Morgan fingerprint density at radius 3 is 3.11 bits per heavy atom. The summed E-state index contributed by atoms with van der Waals surface area (Å²) in [5, 5.41) is 6.60. The molecular formula is C13H18N2O3. The Morgan fingerprint density at radius 1 is 1.56 bits per heavy atom. The van der Waals surface area contributed by atoms with Crippen LogP contribution in [0.4, 0.5) is 5.69 Å². The number of carbonyl (C=O) groups excluding carboxylic acids is 1. The molecule has 0 radical (unpaired) electrons. The van der Waals surface area contributed by atoms with Crippen molar-refractivity contribution in [2.75, 3.05) is 38.7 Å². The second-order valence-corrected chi connectivity index (χ2v) is 4.14. The second-order valence-electron chi connectivity index (χ2n) is 4.14. The Hall–Kier alpha value is -1.59. The molecule has 2 rings (SSSR count). The minimum absolute atomic E-state index is 0.268. The number of carbonyl (C=O) groups is 1. The molecule has 0 saturated carbocycles. The van der Waals surface area contributed by atoms with Crippen molar-refractivity contribution in [3.05, 3.63) is 29.8 Å². The number of morpholine rings is 1. The summed E-state index contributed by atoms with van der Waals surface area (Å²) >= 11 is 0. The lowest BCUT2D eigenvalue weighted by molar-refractivity contribution is 0.0601. The van der Waals surface area contributed by atoms with E-state index in [4.69, 9.17) is 9.47 Å². The van der Waals surface area contributed by atoms with Crippen LogP contribution < -0.4 is 10.6 Å². The highest BCUT2D eigenvalue weighted by molar-refractivity contribution is 5.95. The van der Waals surface area contributed by atoms with Gasteiger partial charge in [0.25, 0.3) is 0 Å². The van der Waals surface area contributed by atoms with Crippen LogP contribution >= 0.6 is 0 Å². The maximum atomic E-state index is 11.6. The predicted molar refractivity (Wildman–Crippen MR) is 68.9 cm³/mol. The van der Waals surface area contributed by atoms with Crippen LogP contribution in [0.1, 0.15) is 10.4 Å². The van der Waals surface area contributed by atoms with Crippen LogP contribution in [0.15, 0.2) is 24.3 Å². The van der Waals surface area contributed by atoms with Gasteiger partial charge in [-0.1, -0.05) is 12.1 Å². The summed E-state index contributed by atoms with van der Waals surface area (Å²) in [7, 11) is 1.38. The van der Waals surface area contributed by atoms with Crippen molar-refractivity contribution in [1.82, 2.24) is 5.32 Å². The van der Waals surface area contributed by atoms with Gasteiger partial charge in [0.1, 0.15) is 0 Å². The van der Waals surface area contributed by atoms with Crippen molar-refractivity contribution >= 4 is 11.7 Å². The van der Waals surface area contributed by atoms with E-state index in [1.165, 1.54) is 7.11 Å². The van der Waals surface area contributed by atoms with Gasteiger partial charge in [-0.3, -0.25) is 0 Å². The van der Waals surface area contributed by atoms with Gasteiger partial charge in [-0.15, -0.1) is 0 Å². The Balaban J connectivity index is 1.97. The molecule has 1 aromatic carbocycles. The quantitative estimate of drug-likeness (QED) is 0.777. The number of hydrogen-bond acceptors (Lipinski definition) is 5. The van der Waals surface area contributed by atoms with E-state index in [-0.39, 0.29) is 12.0 Å². The third kappa shape index (κ3) is 3.21. The normalized spacial score (nSPS) is 19.3. The van der Waals surface area contributed by atoms with Gasteiger partial charge in [-0.25, -0.2) is 4.79 Å². The molecule has 1 unspecified atom stereocenters. The molecule has 2 N–H and O–H groups in total. The van der Waals surface area contributed by atoms with Crippen molar-refractivity contribution in [2.24, 2.45) is 0 Å². The number of ether oxygens (including phenoxy) is 2. The number of hydrogen-bond donors (Lipinski definition) is 2. The standard InChI is InChI=1S/C13H18N2O3/c1-17-13(16)11-4-2-3-5-12(11)15-8-10-9-18-7-6-14-10/h2-5,10,14-15H,6-9H2,1H3. The maximum absolute atomic E-state index is 11.6. The smallest absolute Gasteiger partial charge is 0.339 e. The van der Waals surface area contributed by atoms with Gasteiger partial charge >= 0.3 is 5.97 Å². The first-order valence-corrected chi connectivity index (χ1v) is 6.03. The van der Waals surface area contributed by atoms with E-state index in [1.54, 1.807) is 6.07 Å². The zero-order valence-electron chi connectivity index (χ0n) is 10.4. The van der Waals surface area contributed by atoms with E-state index in [0.717, 1.165) is 18.8 Å². The molecule has 0 bridgehead atoms. The van der Waals surface area contributed by atoms with Crippen LogP contribution in [0.25, 0.3) is 0 Å². The number of nitrogens with one attached hydrogen (secondary N) is 2. The van der Waals surface area contributed by atoms with Crippen molar-refractivity contribution in [2.45, 2.75) is 6.04 Å². The van der Waals surface area contributed by atoms with Crippen molar-refractivity contribution < 1.29 is 14.3 Å². The third-order valence-corrected chi connectivity index (χ3v) is 2.87. The maximum Gasteiger partial charge on any atom is 0.339 e. The van der Waals surface area contributed by atoms with Gasteiger partial charge in [0.2, 0.25) is 0 Å². The zero-order chi connectivity index (χ0) is 12.8. The average molecular weight is 250 g/mol. The molecule has 1 aromatic rings. The van der Waals surface area contributed by atoms with Crippen LogP contribution in [-0.4, -0.2) is 45.4 Å². The van der Waals surface area contributed by atoms with Crippen molar-refractivity contribution in [1.29, 1.82) is 0 Å². The SMILES string of the molecule is COC(=O)c1ccccc1NCC1COCCN1. The molecule has 1 aliphatic heterocycles. The number of methoxy groups -OCH3 is 1. The Morgan fingerprint density at radius 2 is 2.39 bits per heavy atom. The Bertz CT molecular complexity index is 403. The molecule has 0 spiro atoms. The molecule has 0 aliphatic carbocycles. The van der Waals surface area contributed by atoms with E-state index in [0.29, 0.717) is 18.7 Å². The number of esters is 1. The summed E-state index contributed by atoms with van der Waals surface area (Å²) in [5.41, 5.74) is 1.34. The molecule has 5 nitrogen and oxygen atoms in total. The fourth-order valence-corrected chi connectivity index (χ4v) is 1.91. The van der Waals surface area contributed by atoms with E-state index in [9.17, 15) is 4.79 Å². The molecule has 98 valence electrons. The second kappa shape index (κ2) is 6.37. The first-order chi connectivity index (χ1) is 8.81. The highest BCUT2D eigenvalue weighted by atomic mass is 16.5. The lowest BCUT2D eigenvalue weighted by Crippen LogP contribution is -2.45. The van der Waals surface area contributed by atoms with Gasteiger partial charge in [0, 0.05) is 24.8 Å². The Labute approximate surface area is 106 Å². The van der Waals surface area contributed by atoms with Gasteiger partial charge in [0.15, 0.2) is 0 Å². The number of anilines is 1. The number of para-hydroxylation sites is 1. The van der Waals surface area contributed by atoms with E-state index in [2.05, 4.69) is 10.6 Å². The van der Waals surface area contributed by atoms with Gasteiger partial charge in [-0.05, 0) is 12.1 Å². The lowest BCUT2D eigenvalue weighted by atomic mass is 10.1. The van der Waals surface area contributed by atoms with Crippen LogP contribution in [-0.2, 0) is 9.47 Å². The first-order valence-electron chi connectivity index (χ1n) is 6.03. The monoisotopic (exact) mass is 250 g/mol. The third-order valence-electron chi connectivity index (χ3n) is 2.87. The summed E-state index contributed by atoms with van der Waals surface area (Å²) < 4.78 is 10.1. The molecular weight excluding hydrogens is 232 g/mol. The molecule has 0 amide bonds. The van der Waals surface area contributed by atoms with E-state index >= 15 is 0 Å². The van der Waals surface area contributed by atoms with Crippen LogP contribution in [0.3, 0.4) is 0 Å². The Kier molecular flexibility index (Phi) is 4.55. The molecule has 1 atom stereocenters. The van der Waals surface area contributed by atoms with E-state index < -0.39 is 0 Å². The largest absolute Gasteiger partial charge is 0.465 e. The summed E-state index contributed by atoms with van der Waals surface area (Å²) in [6, 6.07) is 7.60. The fraction of sp³-hybridized carbons (Fsp3) is 0.462. The topological polar surface area (TPSA) is 59.6 Å². The minimum atomic E-state index is -0.328. The molecule has 18 heavy (non-hydrogen) atoms. The van der Waals surface area contributed by atoms with Gasteiger partial charge in [0.05, 0.1) is 25.9 Å². The number of benzene rings is 1. The average Bonchev–Trinajstić information content (AvgIpc) is 2.45. The summed E-state index contributed by atoms with van der Waals surface area (Å²) in [4.78, 5) is 11.6. The highest BCUT2D eigenvalue weighted by Crippen LogP contribution is 2.15. The predicted octanol–water partition coefficient (Wildman–Crippen LogP) is 0.873. The molecule has 1 saturated heterocycles. The van der Waals surface area contributed by atoms with Gasteiger partial charge < -0.3 is 20.1 Å². The summed E-state index contributed by atoms with van der Waals surface area (Å²) in [5.74, 6) is -0.328. The summed E-state index contributed by atoms with van der Waals surface area (Å²) in [6.07, 6.45) is 0. The van der Waals surface area contributed by atoms with Crippen molar-refractivity contribution in [3.8, 4) is 0 Å². The van der Waals surface area contributed by atoms with Crippen molar-refractivity contribution in [3.63, 3.8) is 0 Å². The van der Waals surface area contributed by atoms with Crippen LogP contribution in [0.2, 0.25) is 0 Å². The number of rotatable bonds is 4. The first kappa shape index (κ1) is 12.9. The zero-order valence-corrected chi connectivity index (χ0v) is 10.4. The molecule has 1 heterocycles. The van der Waals surface area contributed by atoms with Crippen LogP contribution in [0, 0.1) is 0 Å². The van der Waals surface area contributed by atoms with E-state index in [1.807, 2.05) is 18.2 Å². The van der Waals surface area contributed by atoms with Crippen LogP contribution in [0.5, 0.6) is 0 Å². The minimum Gasteiger partial charge on any atom is -0.465 e. The highest BCUT2D eigenvalue weighted by Gasteiger charge is 2.15.